The predicted octanol–water partition coefficient (Wildman–Crippen LogP) is 1.34. The molecule has 1 amide bonds. The van der Waals surface area contributed by atoms with E-state index in [0.717, 1.165) is 44.8 Å². The Morgan fingerprint density at radius 3 is 2.68 bits per heavy atom. The molecule has 6 nitrogen and oxygen atoms in total. The zero-order chi connectivity index (χ0) is 17.9. The van der Waals surface area contributed by atoms with Gasteiger partial charge in [0.2, 0.25) is 10.0 Å². The first-order valence-corrected chi connectivity index (χ1v) is 10.2. The number of piperidine rings is 1. The van der Waals surface area contributed by atoms with Crippen LogP contribution in [0.2, 0.25) is 0 Å². The predicted molar refractivity (Wildman–Crippen MR) is 92.3 cm³/mol. The summed E-state index contributed by atoms with van der Waals surface area (Å²) in [5.41, 5.74) is -0.0719. The van der Waals surface area contributed by atoms with Crippen molar-refractivity contribution in [3.8, 4) is 0 Å². The Morgan fingerprint density at radius 1 is 1.28 bits per heavy atom. The largest absolute Gasteiger partial charge is 0.339 e. The summed E-state index contributed by atoms with van der Waals surface area (Å²) in [4.78, 5) is 13.7. The zero-order valence-corrected chi connectivity index (χ0v) is 14.9. The summed E-state index contributed by atoms with van der Waals surface area (Å²) in [7, 11) is -3.79. The average molecular weight is 369 g/mol. The van der Waals surface area contributed by atoms with E-state index in [1.807, 2.05) is 0 Å². The van der Waals surface area contributed by atoms with Crippen molar-refractivity contribution in [2.75, 3.05) is 32.7 Å². The highest BCUT2D eigenvalue weighted by Gasteiger charge is 2.24. The molecule has 0 radical (unpaired) electrons. The third-order valence-electron chi connectivity index (χ3n) is 4.84. The minimum atomic E-state index is -3.79. The summed E-state index contributed by atoms with van der Waals surface area (Å²) in [6, 6.07) is 3.51. The van der Waals surface area contributed by atoms with E-state index in [-0.39, 0.29) is 22.3 Å². The highest BCUT2D eigenvalue weighted by Crippen LogP contribution is 2.19. The lowest BCUT2D eigenvalue weighted by atomic mass is 10.0. The van der Waals surface area contributed by atoms with Crippen LogP contribution in [0.3, 0.4) is 0 Å². The maximum Gasteiger partial charge on any atom is 0.256 e. The Hall–Kier alpha value is -1.51. The lowest BCUT2D eigenvalue weighted by Gasteiger charge is -2.22. The van der Waals surface area contributed by atoms with Crippen molar-refractivity contribution in [2.45, 2.75) is 30.6 Å². The van der Waals surface area contributed by atoms with Gasteiger partial charge in [-0.25, -0.2) is 17.5 Å². The minimum Gasteiger partial charge on any atom is -0.339 e. The molecule has 1 atom stereocenters. The number of likely N-dealkylation sites (tertiary alicyclic amines) is 1. The van der Waals surface area contributed by atoms with Crippen LogP contribution in [0.15, 0.2) is 23.1 Å². The van der Waals surface area contributed by atoms with Crippen molar-refractivity contribution in [3.63, 3.8) is 0 Å². The van der Waals surface area contributed by atoms with Gasteiger partial charge >= 0.3 is 0 Å². The summed E-state index contributed by atoms with van der Waals surface area (Å²) in [5, 5.41) is 3.23. The highest BCUT2D eigenvalue weighted by atomic mass is 32.2. The molecule has 0 bridgehead atoms. The molecule has 8 heteroatoms. The average Bonchev–Trinajstić information content (AvgIpc) is 3.15. The Morgan fingerprint density at radius 2 is 2.04 bits per heavy atom. The molecule has 2 heterocycles. The van der Waals surface area contributed by atoms with Gasteiger partial charge in [-0.3, -0.25) is 4.79 Å². The number of hydrogen-bond acceptors (Lipinski definition) is 4. The molecular formula is C17H24FN3O3S. The minimum absolute atomic E-state index is 0.0719. The Bertz CT molecular complexity index is 727. The van der Waals surface area contributed by atoms with Crippen LogP contribution < -0.4 is 10.0 Å². The van der Waals surface area contributed by atoms with Gasteiger partial charge in [0, 0.05) is 19.6 Å². The second-order valence-corrected chi connectivity index (χ2v) is 8.47. The van der Waals surface area contributed by atoms with Gasteiger partial charge in [-0.1, -0.05) is 0 Å². The molecular weight excluding hydrogens is 345 g/mol. The summed E-state index contributed by atoms with van der Waals surface area (Å²) < 4.78 is 41.6. The first kappa shape index (κ1) is 18.3. The number of rotatable bonds is 5. The van der Waals surface area contributed by atoms with Crippen LogP contribution in [0.25, 0.3) is 0 Å². The molecule has 25 heavy (non-hydrogen) atoms. The third-order valence-corrected chi connectivity index (χ3v) is 6.26. The number of amides is 1. The molecule has 2 aliphatic heterocycles. The van der Waals surface area contributed by atoms with Gasteiger partial charge in [0.25, 0.3) is 5.91 Å². The van der Waals surface area contributed by atoms with Crippen LogP contribution in [0.5, 0.6) is 0 Å². The van der Waals surface area contributed by atoms with E-state index < -0.39 is 15.8 Å². The van der Waals surface area contributed by atoms with Gasteiger partial charge < -0.3 is 10.2 Å². The number of halogens is 1. The van der Waals surface area contributed by atoms with Gasteiger partial charge in [0.15, 0.2) is 0 Å². The smallest absolute Gasteiger partial charge is 0.256 e. The number of sulfonamides is 1. The van der Waals surface area contributed by atoms with Crippen LogP contribution in [-0.2, 0) is 10.0 Å². The van der Waals surface area contributed by atoms with E-state index in [2.05, 4.69) is 10.0 Å². The number of hydrogen-bond donors (Lipinski definition) is 2. The van der Waals surface area contributed by atoms with Gasteiger partial charge in [0.1, 0.15) is 5.82 Å². The van der Waals surface area contributed by atoms with Crippen LogP contribution in [0.1, 0.15) is 36.0 Å². The molecule has 0 saturated carbocycles. The molecule has 1 unspecified atom stereocenters. The van der Waals surface area contributed by atoms with E-state index >= 15 is 0 Å². The fourth-order valence-electron chi connectivity index (χ4n) is 3.34. The molecule has 0 aromatic heterocycles. The molecule has 2 N–H and O–H groups in total. The van der Waals surface area contributed by atoms with Gasteiger partial charge in [-0.05, 0) is 62.9 Å². The van der Waals surface area contributed by atoms with Crippen molar-refractivity contribution in [1.82, 2.24) is 14.9 Å². The van der Waals surface area contributed by atoms with E-state index in [1.165, 1.54) is 12.1 Å². The summed E-state index contributed by atoms with van der Waals surface area (Å²) in [5.74, 6) is -0.927. The van der Waals surface area contributed by atoms with Crippen LogP contribution in [-0.4, -0.2) is 51.9 Å². The SMILES string of the molecule is O=C(c1ccc(S(=O)(=O)NCC2CCCNC2)cc1F)N1CCCC1. The Labute approximate surface area is 147 Å². The molecule has 1 aromatic rings. The van der Waals surface area contributed by atoms with Gasteiger partial charge in [-0.15, -0.1) is 0 Å². The van der Waals surface area contributed by atoms with Crippen molar-refractivity contribution >= 4 is 15.9 Å². The Kier molecular flexibility index (Phi) is 5.71. The molecule has 0 aliphatic carbocycles. The second kappa shape index (κ2) is 7.80. The molecule has 138 valence electrons. The molecule has 2 aliphatic rings. The first-order chi connectivity index (χ1) is 12.0. The van der Waals surface area contributed by atoms with Crippen LogP contribution in [0, 0.1) is 11.7 Å². The monoisotopic (exact) mass is 369 g/mol. The van der Waals surface area contributed by atoms with E-state index in [4.69, 9.17) is 0 Å². The van der Waals surface area contributed by atoms with Crippen molar-refractivity contribution in [2.24, 2.45) is 5.92 Å². The van der Waals surface area contributed by atoms with E-state index in [0.29, 0.717) is 19.6 Å². The lowest BCUT2D eigenvalue weighted by molar-refractivity contribution is 0.0788. The lowest BCUT2D eigenvalue weighted by Crippen LogP contribution is -2.38. The fraction of sp³-hybridized carbons (Fsp3) is 0.588. The van der Waals surface area contributed by atoms with Crippen LogP contribution in [0.4, 0.5) is 4.39 Å². The second-order valence-electron chi connectivity index (χ2n) is 6.71. The number of nitrogens with one attached hydrogen (secondary N) is 2. The van der Waals surface area contributed by atoms with Crippen LogP contribution >= 0.6 is 0 Å². The van der Waals surface area contributed by atoms with E-state index in [1.54, 1.807) is 4.90 Å². The molecule has 2 saturated heterocycles. The molecule has 1 aromatic carbocycles. The first-order valence-electron chi connectivity index (χ1n) is 8.76. The highest BCUT2D eigenvalue weighted by molar-refractivity contribution is 7.89. The third kappa shape index (κ3) is 4.37. The number of carbonyl (C=O) groups excluding carboxylic acids is 1. The standard InChI is InChI=1S/C17H24FN3O3S/c18-16-10-14(5-6-15(16)17(22)21-8-1-2-9-21)25(23,24)20-12-13-4-3-7-19-11-13/h5-6,10,13,19-20H,1-4,7-9,11-12H2. The number of benzene rings is 1. The normalized spacial score (nSPS) is 21.5. The fourth-order valence-corrected chi connectivity index (χ4v) is 4.46. The number of nitrogens with zero attached hydrogens (tertiary/aromatic N) is 1. The summed E-state index contributed by atoms with van der Waals surface area (Å²) in [6.07, 6.45) is 3.82. The maximum atomic E-state index is 14.3. The van der Waals surface area contributed by atoms with Crippen molar-refractivity contribution < 1.29 is 17.6 Å². The summed E-state index contributed by atoms with van der Waals surface area (Å²) >= 11 is 0. The van der Waals surface area contributed by atoms with Gasteiger partial charge in [-0.2, -0.15) is 0 Å². The number of carbonyl (C=O) groups is 1. The van der Waals surface area contributed by atoms with Gasteiger partial charge in [0.05, 0.1) is 10.5 Å². The van der Waals surface area contributed by atoms with Crippen molar-refractivity contribution in [1.29, 1.82) is 0 Å². The quantitative estimate of drug-likeness (QED) is 0.821. The van der Waals surface area contributed by atoms with Crippen molar-refractivity contribution in [3.05, 3.63) is 29.6 Å². The van der Waals surface area contributed by atoms with E-state index in [9.17, 15) is 17.6 Å². The molecule has 3 rings (SSSR count). The molecule has 0 spiro atoms. The zero-order valence-electron chi connectivity index (χ0n) is 14.1. The summed E-state index contributed by atoms with van der Waals surface area (Å²) in [6.45, 7) is 3.30. The molecule has 2 fully saturated rings. The maximum absolute atomic E-state index is 14.3. The Balaban J connectivity index is 1.69. The topological polar surface area (TPSA) is 78.5 Å².